The molecule has 0 heterocycles. The molecule has 3 N–H and O–H groups in total. The molecule has 0 unspecified atom stereocenters. The largest absolute Gasteiger partial charge is 0.508 e. The van der Waals surface area contributed by atoms with Crippen molar-refractivity contribution in [2.24, 2.45) is 0 Å². The van der Waals surface area contributed by atoms with Gasteiger partial charge in [0.1, 0.15) is 5.75 Å². The number of phenolic OH excluding ortho intramolecular Hbond substituents is 1. The molecule has 0 fully saturated rings. The van der Waals surface area contributed by atoms with Crippen molar-refractivity contribution in [1.29, 1.82) is 0 Å². The summed E-state index contributed by atoms with van der Waals surface area (Å²) in [6.07, 6.45) is 0.818. The van der Waals surface area contributed by atoms with Gasteiger partial charge in [0, 0.05) is 13.6 Å². The summed E-state index contributed by atoms with van der Waals surface area (Å²) in [7, 11) is 5.55. The summed E-state index contributed by atoms with van der Waals surface area (Å²) in [6.45, 7) is 1.42. The molecule has 116 valence electrons. The quantitative estimate of drug-likeness (QED) is 0.692. The summed E-state index contributed by atoms with van der Waals surface area (Å²) in [4.78, 5) is 26.6. The van der Waals surface area contributed by atoms with Crippen molar-refractivity contribution in [1.82, 2.24) is 9.80 Å². The van der Waals surface area contributed by atoms with E-state index in [0.717, 1.165) is 19.0 Å². The number of amides is 2. The highest BCUT2D eigenvalue weighted by Gasteiger charge is 2.15. The van der Waals surface area contributed by atoms with Crippen LogP contribution in [0, 0.1) is 0 Å². The Labute approximate surface area is 123 Å². The molecule has 0 bridgehead atoms. The van der Waals surface area contributed by atoms with E-state index < -0.39 is 5.97 Å². The van der Waals surface area contributed by atoms with Gasteiger partial charge in [0.05, 0.1) is 11.3 Å². The molecule has 1 rings (SSSR count). The van der Waals surface area contributed by atoms with Crippen LogP contribution in [0.1, 0.15) is 16.8 Å². The van der Waals surface area contributed by atoms with E-state index in [9.17, 15) is 14.7 Å². The van der Waals surface area contributed by atoms with Crippen molar-refractivity contribution in [3.05, 3.63) is 23.8 Å². The van der Waals surface area contributed by atoms with Gasteiger partial charge in [-0.15, -0.1) is 0 Å². The Bertz CT molecular complexity index is 517. The third-order valence-electron chi connectivity index (χ3n) is 2.92. The molecule has 1 aromatic carbocycles. The van der Waals surface area contributed by atoms with Crippen molar-refractivity contribution >= 4 is 17.7 Å². The molecule has 0 saturated carbocycles. The number of nitrogens with one attached hydrogen (secondary N) is 1. The lowest BCUT2D eigenvalue weighted by Gasteiger charge is -2.19. The third-order valence-corrected chi connectivity index (χ3v) is 2.92. The summed E-state index contributed by atoms with van der Waals surface area (Å²) in [6, 6.07) is 3.41. The Balaban J connectivity index is 2.68. The van der Waals surface area contributed by atoms with Gasteiger partial charge in [0.15, 0.2) is 0 Å². The monoisotopic (exact) mass is 295 g/mol. The molecular weight excluding hydrogens is 274 g/mol. The maximum atomic E-state index is 12.0. The number of carboxylic acid groups (broad SMARTS) is 1. The average molecular weight is 295 g/mol. The fourth-order valence-corrected chi connectivity index (χ4v) is 1.75. The maximum Gasteiger partial charge on any atom is 0.337 e. The molecule has 0 aliphatic heterocycles. The van der Waals surface area contributed by atoms with Gasteiger partial charge in [0.25, 0.3) is 0 Å². The number of hydrogen-bond acceptors (Lipinski definition) is 4. The van der Waals surface area contributed by atoms with Crippen molar-refractivity contribution < 1.29 is 19.8 Å². The number of phenols is 1. The molecule has 0 aliphatic carbocycles. The number of hydrogen-bond donors (Lipinski definition) is 3. The molecular formula is C14H21N3O4. The second kappa shape index (κ2) is 7.49. The van der Waals surface area contributed by atoms with Gasteiger partial charge in [-0.3, -0.25) is 0 Å². The second-order valence-corrected chi connectivity index (χ2v) is 5.04. The number of carbonyl (C=O) groups is 2. The first-order chi connectivity index (χ1) is 9.81. The van der Waals surface area contributed by atoms with Crippen LogP contribution in [0.4, 0.5) is 10.5 Å². The zero-order valence-corrected chi connectivity index (χ0v) is 12.5. The smallest absolute Gasteiger partial charge is 0.337 e. The van der Waals surface area contributed by atoms with E-state index in [1.807, 2.05) is 19.0 Å². The van der Waals surface area contributed by atoms with Crippen LogP contribution < -0.4 is 5.32 Å². The van der Waals surface area contributed by atoms with Crippen molar-refractivity contribution in [2.45, 2.75) is 6.42 Å². The number of urea groups is 1. The minimum Gasteiger partial charge on any atom is -0.508 e. The Morgan fingerprint density at radius 3 is 2.43 bits per heavy atom. The Morgan fingerprint density at radius 2 is 1.86 bits per heavy atom. The molecule has 7 heteroatoms. The lowest BCUT2D eigenvalue weighted by molar-refractivity contribution is 0.0697. The molecule has 21 heavy (non-hydrogen) atoms. The minimum absolute atomic E-state index is 0.148. The van der Waals surface area contributed by atoms with Crippen LogP contribution in [0.3, 0.4) is 0 Å². The molecule has 0 aromatic heterocycles. The highest BCUT2D eigenvalue weighted by atomic mass is 16.4. The predicted molar refractivity (Wildman–Crippen MR) is 79.9 cm³/mol. The van der Waals surface area contributed by atoms with Crippen LogP contribution in [-0.2, 0) is 0 Å². The molecule has 7 nitrogen and oxygen atoms in total. The number of carboxylic acids is 1. The summed E-state index contributed by atoms with van der Waals surface area (Å²) < 4.78 is 0. The first-order valence-corrected chi connectivity index (χ1v) is 6.54. The number of anilines is 1. The first-order valence-electron chi connectivity index (χ1n) is 6.54. The minimum atomic E-state index is -1.21. The van der Waals surface area contributed by atoms with Crippen molar-refractivity contribution in [3.8, 4) is 5.75 Å². The molecule has 0 saturated heterocycles. The van der Waals surface area contributed by atoms with E-state index in [-0.39, 0.29) is 23.0 Å². The lowest BCUT2D eigenvalue weighted by atomic mass is 10.1. The number of rotatable bonds is 6. The Morgan fingerprint density at radius 1 is 1.19 bits per heavy atom. The van der Waals surface area contributed by atoms with E-state index in [1.54, 1.807) is 7.05 Å². The third kappa shape index (κ3) is 5.31. The normalized spacial score (nSPS) is 10.5. The van der Waals surface area contributed by atoms with E-state index >= 15 is 0 Å². The van der Waals surface area contributed by atoms with Crippen LogP contribution >= 0.6 is 0 Å². The molecule has 2 amide bonds. The number of nitrogens with zero attached hydrogens (tertiary/aromatic N) is 2. The Hall–Kier alpha value is -2.28. The van der Waals surface area contributed by atoms with E-state index in [0.29, 0.717) is 6.54 Å². The van der Waals surface area contributed by atoms with Gasteiger partial charge in [-0.2, -0.15) is 0 Å². The summed E-state index contributed by atoms with van der Waals surface area (Å²) in [5.41, 5.74) is 0.00908. The van der Waals surface area contributed by atoms with Gasteiger partial charge >= 0.3 is 12.0 Å². The molecule has 0 spiro atoms. The van der Waals surface area contributed by atoms with Gasteiger partial charge in [0.2, 0.25) is 0 Å². The van der Waals surface area contributed by atoms with Crippen LogP contribution in [0.5, 0.6) is 5.75 Å². The fourth-order valence-electron chi connectivity index (χ4n) is 1.75. The zero-order valence-electron chi connectivity index (χ0n) is 12.5. The standard InChI is InChI=1S/C14H21N3O4/c1-16(2)7-4-8-17(3)14(21)15-12-6-5-10(18)9-11(12)13(19)20/h5-6,9,18H,4,7-8H2,1-3H3,(H,15,21)(H,19,20). The van der Waals surface area contributed by atoms with Crippen molar-refractivity contribution in [2.75, 3.05) is 39.5 Å². The van der Waals surface area contributed by atoms with E-state index in [4.69, 9.17) is 5.11 Å². The number of benzene rings is 1. The van der Waals surface area contributed by atoms with Crippen molar-refractivity contribution in [3.63, 3.8) is 0 Å². The summed E-state index contributed by atoms with van der Waals surface area (Å²) >= 11 is 0. The SMILES string of the molecule is CN(C)CCCN(C)C(=O)Nc1ccc(O)cc1C(=O)O. The topological polar surface area (TPSA) is 93.1 Å². The predicted octanol–water partition coefficient (Wildman–Crippen LogP) is 1.51. The lowest BCUT2D eigenvalue weighted by Crippen LogP contribution is -2.33. The number of aromatic hydroxyl groups is 1. The molecule has 1 aromatic rings. The highest BCUT2D eigenvalue weighted by molar-refractivity contribution is 6.00. The van der Waals surface area contributed by atoms with Gasteiger partial charge < -0.3 is 25.3 Å². The average Bonchev–Trinajstić information content (AvgIpc) is 2.39. The number of aromatic carboxylic acids is 1. The van der Waals surface area contributed by atoms with Crippen LogP contribution in [0.2, 0.25) is 0 Å². The highest BCUT2D eigenvalue weighted by Crippen LogP contribution is 2.21. The first kappa shape index (κ1) is 16.8. The molecule has 0 radical (unpaired) electrons. The fraction of sp³-hybridized carbons (Fsp3) is 0.429. The van der Waals surface area contributed by atoms with Gasteiger partial charge in [-0.25, -0.2) is 9.59 Å². The summed E-state index contributed by atoms with van der Waals surface area (Å²) in [5, 5.41) is 20.9. The van der Waals surface area contributed by atoms with Gasteiger partial charge in [-0.05, 0) is 45.3 Å². The molecule has 0 atom stereocenters. The van der Waals surface area contributed by atoms with Crippen LogP contribution in [0.15, 0.2) is 18.2 Å². The zero-order chi connectivity index (χ0) is 16.0. The van der Waals surface area contributed by atoms with Crippen LogP contribution in [0.25, 0.3) is 0 Å². The number of carbonyl (C=O) groups excluding carboxylic acids is 1. The van der Waals surface area contributed by atoms with Crippen LogP contribution in [-0.4, -0.2) is 66.2 Å². The van der Waals surface area contributed by atoms with E-state index in [2.05, 4.69) is 5.32 Å². The van der Waals surface area contributed by atoms with Gasteiger partial charge in [-0.1, -0.05) is 0 Å². The maximum absolute atomic E-state index is 12.0. The second-order valence-electron chi connectivity index (χ2n) is 5.04. The summed E-state index contributed by atoms with van der Waals surface area (Å²) in [5.74, 6) is -1.37. The Kier molecular flexibility index (Phi) is 5.98. The van der Waals surface area contributed by atoms with E-state index in [1.165, 1.54) is 17.0 Å². The molecule has 0 aliphatic rings.